The van der Waals surface area contributed by atoms with E-state index >= 15 is 0 Å². The van der Waals surface area contributed by atoms with Crippen LogP contribution < -0.4 is 27.4 Å². The molecule has 236 valence electrons. The third kappa shape index (κ3) is 8.53. The number of benzene rings is 2. The maximum Gasteiger partial charge on any atom is 0.336 e. The lowest BCUT2D eigenvalue weighted by Crippen LogP contribution is -2.40. The average molecular weight is 616 g/mol. The van der Waals surface area contributed by atoms with Crippen molar-refractivity contribution < 1.29 is 24.6 Å². The predicted molar refractivity (Wildman–Crippen MR) is 171 cm³/mol. The molecule has 2 aromatic carbocycles. The van der Waals surface area contributed by atoms with Gasteiger partial charge in [-0.2, -0.15) is 9.97 Å². The van der Waals surface area contributed by atoms with Crippen molar-refractivity contribution in [2.75, 3.05) is 28.6 Å². The molecule has 1 amide bonds. The van der Waals surface area contributed by atoms with Gasteiger partial charge in [0.15, 0.2) is 17.0 Å². The fraction of sp³-hybridized carbons (Fsp3) is 0.323. The number of aromatic nitrogens is 4. The highest BCUT2D eigenvalue weighted by Crippen LogP contribution is 2.28. The van der Waals surface area contributed by atoms with Gasteiger partial charge in [-0.3, -0.25) is 4.79 Å². The van der Waals surface area contributed by atoms with Crippen LogP contribution in [0.3, 0.4) is 0 Å². The standard InChI is InChI=1S/C31H37N9O5/c1-31(2,3)22-12-11-19(14-21(22)28(42)43)34-13-5-4-6-23(29(44)45)38-27(41)17-7-9-18(10-8-17)35-15-20-16-36-26-24(37-20)25(32)39-30(33)40-26/h7-12,14,16,23,34-35H,4-6,13,15H2,1-3H3,(H,38,41)(H,42,43)(H,44,45)(H4,32,33,36,39,40)/t23-/m0/s1. The van der Waals surface area contributed by atoms with E-state index in [2.05, 4.69) is 35.9 Å². The average Bonchev–Trinajstić information content (AvgIpc) is 2.98. The fourth-order valence-electron chi connectivity index (χ4n) is 4.69. The molecule has 2 aromatic heterocycles. The Morgan fingerprint density at radius 1 is 0.911 bits per heavy atom. The van der Waals surface area contributed by atoms with Gasteiger partial charge in [-0.25, -0.2) is 19.6 Å². The van der Waals surface area contributed by atoms with E-state index in [-0.39, 0.29) is 29.2 Å². The molecule has 0 radical (unpaired) electrons. The second-order valence-electron chi connectivity index (χ2n) is 11.5. The maximum atomic E-state index is 12.8. The minimum atomic E-state index is -1.12. The number of hydrogen-bond donors (Lipinski definition) is 7. The van der Waals surface area contributed by atoms with Crippen LogP contribution in [0.1, 0.15) is 72.0 Å². The molecule has 0 spiro atoms. The van der Waals surface area contributed by atoms with E-state index < -0.39 is 23.9 Å². The lowest BCUT2D eigenvalue weighted by Gasteiger charge is -2.22. The van der Waals surface area contributed by atoms with Gasteiger partial charge in [0.2, 0.25) is 5.95 Å². The number of nitrogens with one attached hydrogen (secondary N) is 3. The monoisotopic (exact) mass is 615 g/mol. The van der Waals surface area contributed by atoms with Gasteiger partial charge in [0, 0.05) is 23.5 Å². The predicted octanol–water partition coefficient (Wildman–Crippen LogP) is 3.66. The van der Waals surface area contributed by atoms with Gasteiger partial charge >= 0.3 is 11.9 Å². The van der Waals surface area contributed by atoms with Crippen LogP contribution in [0.25, 0.3) is 11.2 Å². The van der Waals surface area contributed by atoms with E-state index in [1.54, 1.807) is 36.5 Å². The number of anilines is 4. The Balaban J connectivity index is 1.25. The molecule has 4 rings (SSSR count). The number of fused-ring (bicyclic) bond motifs is 1. The number of nitrogens with two attached hydrogens (primary N) is 2. The summed E-state index contributed by atoms with van der Waals surface area (Å²) >= 11 is 0. The number of nitrogen functional groups attached to an aromatic ring is 2. The van der Waals surface area contributed by atoms with E-state index in [1.807, 2.05) is 32.9 Å². The first-order valence-corrected chi connectivity index (χ1v) is 14.4. The molecule has 4 aromatic rings. The van der Waals surface area contributed by atoms with Crippen molar-refractivity contribution in [1.82, 2.24) is 25.3 Å². The number of aromatic carboxylic acids is 1. The molecule has 0 aliphatic carbocycles. The number of rotatable bonds is 13. The third-order valence-corrected chi connectivity index (χ3v) is 7.03. The fourth-order valence-corrected chi connectivity index (χ4v) is 4.69. The van der Waals surface area contributed by atoms with Gasteiger partial charge in [0.25, 0.3) is 5.91 Å². The van der Waals surface area contributed by atoms with Crippen molar-refractivity contribution >= 4 is 52.2 Å². The Morgan fingerprint density at radius 2 is 1.62 bits per heavy atom. The Labute approximate surface area is 259 Å². The first kappa shape index (κ1) is 32.4. The number of carbonyl (C=O) groups is 3. The Bertz CT molecular complexity index is 1700. The summed E-state index contributed by atoms with van der Waals surface area (Å²) in [4.78, 5) is 52.9. The summed E-state index contributed by atoms with van der Waals surface area (Å²) in [5.74, 6) is -2.45. The molecular formula is C31H37N9O5. The molecule has 14 nitrogen and oxygen atoms in total. The molecule has 14 heteroatoms. The van der Waals surface area contributed by atoms with Crippen LogP contribution in [0, 0.1) is 0 Å². The zero-order valence-electron chi connectivity index (χ0n) is 25.3. The molecule has 0 fully saturated rings. The van der Waals surface area contributed by atoms with Crippen molar-refractivity contribution in [3.8, 4) is 0 Å². The van der Waals surface area contributed by atoms with Crippen molar-refractivity contribution in [3.63, 3.8) is 0 Å². The van der Waals surface area contributed by atoms with Crippen LogP contribution in [0.5, 0.6) is 0 Å². The minimum absolute atomic E-state index is 0.0174. The SMILES string of the molecule is CC(C)(C)c1ccc(NCCCC[C@H](NC(=O)c2ccc(NCc3cnc4nc(N)nc(N)c4n3)cc2)C(=O)O)cc1C(=O)O. The molecule has 0 bridgehead atoms. The zero-order valence-corrected chi connectivity index (χ0v) is 25.3. The number of carbonyl (C=O) groups excluding carboxylic acids is 1. The molecular weight excluding hydrogens is 578 g/mol. The molecule has 2 heterocycles. The van der Waals surface area contributed by atoms with Gasteiger partial charge in [-0.1, -0.05) is 26.8 Å². The minimum Gasteiger partial charge on any atom is -0.480 e. The second kappa shape index (κ2) is 13.8. The first-order chi connectivity index (χ1) is 21.3. The number of nitrogens with zero attached hydrogens (tertiary/aromatic N) is 4. The highest BCUT2D eigenvalue weighted by Gasteiger charge is 2.22. The number of carboxylic acids is 2. The van der Waals surface area contributed by atoms with E-state index in [9.17, 15) is 24.6 Å². The molecule has 45 heavy (non-hydrogen) atoms. The smallest absolute Gasteiger partial charge is 0.336 e. The van der Waals surface area contributed by atoms with Gasteiger partial charge in [0.05, 0.1) is 24.0 Å². The summed E-state index contributed by atoms with van der Waals surface area (Å²) in [6.45, 7) is 6.71. The third-order valence-electron chi connectivity index (χ3n) is 7.03. The number of unbranched alkanes of at least 4 members (excludes halogenated alkanes) is 1. The van der Waals surface area contributed by atoms with Crippen LogP contribution in [0.15, 0.2) is 48.7 Å². The second-order valence-corrected chi connectivity index (χ2v) is 11.5. The normalized spacial score (nSPS) is 12.0. The quantitative estimate of drug-likeness (QED) is 0.107. The Kier molecular flexibility index (Phi) is 9.96. The molecule has 0 aliphatic heterocycles. The number of aliphatic carboxylic acids is 1. The van der Waals surface area contributed by atoms with Crippen LogP contribution >= 0.6 is 0 Å². The zero-order chi connectivity index (χ0) is 32.7. The topological polar surface area (TPSA) is 231 Å². The van der Waals surface area contributed by atoms with Gasteiger partial charge in [-0.05, 0) is 66.6 Å². The molecule has 0 aliphatic rings. The molecule has 0 unspecified atom stereocenters. The van der Waals surface area contributed by atoms with Crippen molar-refractivity contribution in [3.05, 3.63) is 71.0 Å². The van der Waals surface area contributed by atoms with E-state index in [4.69, 9.17) is 11.5 Å². The van der Waals surface area contributed by atoms with Gasteiger partial charge < -0.3 is 37.6 Å². The van der Waals surface area contributed by atoms with Crippen LogP contribution in [-0.4, -0.2) is 60.6 Å². The van der Waals surface area contributed by atoms with Crippen molar-refractivity contribution in [2.45, 2.75) is 58.0 Å². The highest BCUT2D eigenvalue weighted by atomic mass is 16.4. The summed E-state index contributed by atoms with van der Waals surface area (Å²) in [5, 5.41) is 28.3. The summed E-state index contributed by atoms with van der Waals surface area (Å²) in [6.07, 6.45) is 2.94. The number of amides is 1. The maximum absolute atomic E-state index is 12.8. The first-order valence-electron chi connectivity index (χ1n) is 14.4. The summed E-state index contributed by atoms with van der Waals surface area (Å²) in [5.41, 5.74) is 15.1. The largest absolute Gasteiger partial charge is 0.480 e. The lowest BCUT2D eigenvalue weighted by atomic mass is 9.83. The van der Waals surface area contributed by atoms with E-state index in [0.29, 0.717) is 59.7 Å². The van der Waals surface area contributed by atoms with Crippen LogP contribution in [0.4, 0.5) is 23.1 Å². The number of carboxylic acid groups (broad SMARTS) is 2. The summed E-state index contributed by atoms with van der Waals surface area (Å²) in [6, 6.07) is 10.8. The van der Waals surface area contributed by atoms with E-state index in [0.717, 1.165) is 5.56 Å². The van der Waals surface area contributed by atoms with Gasteiger partial charge in [0.1, 0.15) is 6.04 Å². The lowest BCUT2D eigenvalue weighted by molar-refractivity contribution is -0.139. The molecule has 0 saturated carbocycles. The molecule has 9 N–H and O–H groups in total. The number of hydrogen-bond acceptors (Lipinski definition) is 11. The Hall–Kier alpha value is -5.53. The summed E-state index contributed by atoms with van der Waals surface area (Å²) < 4.78 is 0. The van der Waals surface area contributed by atoms with E-state index in [1.165, 1.54) is 0 Å². The molecule has 0 saturated heterocycles. The molecule has 1 atom stereocenters. The van der Waals surface area contributed by atoms with Crippen LogP contribution in [0.2, 0.25) is 0 Å². The van der Waals surface area contributed by atoms with Gasteiger partial charge in [-0.15, -0.1) is 0 Å². The highest BCUT2D eigenvalue weighted by molar-refractivity contribution is 5.97. The Morgan fingerprint density at radius 3 is 2.29 bits per heavy atom. The summed E-state index contributed by atoms with van der Waals surface area (Å²) in [7, 11) is 0. The van der Waals surface area contributed by atoms with Crippen LogP contribution in [-0.2, 0) is 16.8 Å². The van der Waals surface area contributed by atoms with Crippen molar-refractivity contribution in [1.29, 1.82) is 0 Å². The van der Waals surface area contributed by atoms with Crippen molar-refractivity contribution in [2.24, 2.45) is 0 Å².